The largest absolute Gasteiger partial charge is 0.467 e. The Balaban J connectivity index is 1.57. The van der Waals surface area contributed by atoms with Crippen molar-refractivity contribution in [2.75, 3.05) is 0 Å². The number of fused-ring (bicyclic) bond motifs is 1. The van der Waals surface area contributed by atoms with Crippen molar-refractivity contribution in [1.29, 1.82) is 0 Å². The third-order valence-corrected chi connectivity index (χ3v) is 5.26. The molecule has 0 aliphatic heterocycles. The van der Waals surface area contributed by atoms with Gasteiger partial charge in [0, 0.05) is 28.9 Å². The van der Waals surface area contributed by atoms with Crippen molar-refractivity contribution in [2.24, 2.45) is 5.10 Å². The molecule has 8 nitrogen and oxygen atoms in total. The summed E-state index contributed by atoms with van der Waals surface area (Å²) >= 11 is 0. The zero-order chi connectivity index (χ0) is 22.0. The average Bonchev–Trinajstić information content (AvgIpc) is 3.38. The molecule has 0 aliphatic rings. The molecule has 0 spiro atoms. The van der Waals surface area contributed by atoms with Crippen molar-refractivity contribution >= 4 is 22.9 Å². The smallest absolute Gasteiger partial charge is 0.292 e. The van der Waals surface area contributed by atoms with Crippen LogP contribution in [0.3, 0.4) is 0 Å². The lowest BCUT2D eigenvalue weighted by atomic mass is 10.1. The monoisotopic (exact) mass is 417 g/mol. The molecule has 31 heavy (non-hydrogen) atoms. The summed E-state index contributed by atoms with van der Waals surface area (Å²) in [6.45, 7) is 6.80. The fraction of sp³-hybridized carbons (Fsp3) is 0.217. The maximum atomic E-state index is 12.8. The van der Waals surface area contributed by atoms with E-state index in [0.717, 1.165) is 22.7 Å². The van der Waals surface area contributed by atoms with E-state index < -0.39 is 5.91 Å². The number of carbonyl (C=O) groups excluding carboxylic acids is 1. The number of hydrogen-bond acceptors (Lipinski definition) is 5. The van der Waals surface area contributed by atoms with E-state index in [-0.39, 0.29) is 11.3 Å². The zero-order valence-electron chi connectivity index (χ0n) is 17.6. The van der Waals surface area contributed by atoms with Crippen LogP contribution in [-0.2, 0) is 13.1 Å². The third-order valence-electron chi connectivity index (χ3n) is 5.26. The molecule has 158 valence electrons. The van der Waals surface area contributed by atoms with Crippen LogP contribution in [0.1, 0.15) is 40.1 Å². The highest BCUT2D eigenvalue weighted by atomic mass is 16.3. The summed E-state index contributed by atoms with van der Waals surface area (Å²) < 4.78 is 8.84. The van der Waals surface area contributed by atoms with E-state index in [1.165, 1.54) is 4.68 Å². The number of hydrazone groups is 1. The van der Waals surface area contributed by atoms with Gasteiger partial charge in [0.2, 0.25) is 0 Å². The number of benzene rings is 1. The first-order valence-electron chi connectivity index (χ1n) is 10.0. The molecular weight excluding hydrogens is 394 g/mol. The Hall–Kier alpha value is -3.94. The molecule has 0 saturated heterocycles. The summed E-state index contributed by atoms with van der Waals surface area (Å²) in [5, 5.41) is 9.31. The summed E-state index contributed by atoms with van der Waals surface area (Å²) in [5.74, 6) is 0.390. The van der Waals surface area contributed by atoms with Crippen LogP contribution in [0, 0.1) is 13.8 Å². The van der Waals surface area contributed by atoms with E-state index in [1.807, 2.05) is 39.0 Å². The maximum absolute atomic E-state index is 12.8. The number of nitrogens with one attached hydrogen (secondary N) is 1. The van der Waals surface area contributed by atoms with E-state index in [2.05, 4.69) is 20.2 Å². The first kappa shape index (κ1) is 20.3. The van der Waals surface area contributed by atoms with Crippen LogP contribution in [-0.4, -0.2) is 26.5 Å². The van der Waals surface area contributed by atoms with Gasteiger partial charge in [-0.15, -0.1) is 0 Å². The Kier molecular flexibility index (Phi) is 5.53. The molecule has 4 rings (SSSR count). The lowest BCUT2D eigenvalue weighted by Gasteiger charge is -2.08. The van der Waals surface area contributed by atoms with Crippen molar-refractivity contribution in [3.63, 3.8) is 0 Å². The molecule has 8 heteroatoms. The SMILES string of the molecule is CCn1nc(C(=O)N/N=C\c2cc(C)n(Cc3ccco3)c2C)c2ccccc2c1=O. The normalized spacial score (nSPS) is 11.5. The summed E-state index contributed by atoms with van der Waals surface area (Å²) in [5.41, 5.74) is 5.44. The molecule has 0 aliphatic carbocycles. The maximum Gasteiger partial charge on any atom is 0.292 e. The van der Waals surface area contributed by atoms with Crippen molar-refractivity contribution in [3.8, 4) is 0 Å². The highest BCUT2D eigenvalue weighted by Gasteiger charge is 2.16. The van der Waals surface area contributed by atoms with E-state index in [4.69, 9.17) is 4.42 Å². The molecule has 0 atom stereocenters. The van der Waals surface area contributed by atoms with Gasteiger partial charge in [0.25, 0.3) is 11.5 Å². The molecule has 1 amide bonds. The second-order valence-electron chi connectivity index (χ2n) is 7.21. The number of rotatable bonds is 6. The molecule has 1 N–H and O–H groups in total. The molecule has 0 radical (unpaired) electrons. The molecule has 0 saturated carbocycles. The van der Waals surface area contributed by atoms with Gasteiger partial charge in [-0.25, -0.2) is 10.1 Å². The van der Waals surface area contributed by atoms with Gasteiger partial charge >= 0.3 is 0 Å². The second-order valence-corrected chi connectivity index (χ2v) is 7.21. The van der Waals surface area contributed by atoms with Crippen molar-refractivity contribution < 1.29 is 9.21 Å². The highest BCUT2D eigenvalue weighted by Crippen LogP contribution is 2.16. The van der Waals surface area contributed by atoms with Gasteiger partial charge in [0.05, 0.1) is 24.4 Å². The van der Waals surface area contributed by atoms with Gasteiger partial charge < -0.3 is 8.98 Å². The molecule has 3 aromatic heterocycles. The Morgan fingerprint density at radius 2 is 1.97 bits per heavy atom. The molecule has 0 unspecified atom stereocenters. The minimum absolute atomic E-state index is 0.164. The number of aryl methyl sites for hydroxylation is 2. The fourth-order valence-corrected chi connectivity index (χ4v) is 3.59. The first-order valence-corrected chi connectivity index (χ1v) is 10.0. The van der Waals surface area contributed by atoms with Crippen LogP contribution in [0.25, 0.3) is 10.8 Å². The number of hydrogen-bond donors (Lipinski definition) is 1. The topological polar surface area (TPSA) is 94.4 Å². The lowest BCUT2D eigenvalue weighted by molar-refractivity contribution is 0.0949. The number of carbonyl (C=O) groups is 1. The number of aromatic nitrogens is 3. The predicted octanol–water partition coefficient (Wildman–Crippen LogP) is 3.24. The average molecular weight is 417 g/mol. The Bertz CT molecular complexity index is 1330. The van der Waals surface area contributed by atoms with Crippen molar-refractivity contribution in [2.45, 2.75) is 33.9 Å². The first-order chi connectivity index (χ1) is 15.0. The van der Waals surface area contributed by atoms with Gasteiger partial charge in [0.15, 0.2) is 5.69 Å². The summed E-state index contributed by atoms with van der Waals surface area (Å²) in [7, 11) is 0. The van der Waals surface area contributed by atoms with Gasteiger partial charge in [-0.05, 0) is 45.0 Å². The van der Waals surface area contributed by atoms with Gasteiger partial charge in [-0.2, -0.15) is 10.2 Å². The van der Waals surface area contributed by atoms with Gasteiger partial charge in [0.1, 0.15) is 5.76 Å². The molecule has 0 bridgehead atoms. The number of nitrogens with zero attached hydrogens (tertiary/aromatic N) is 4. The van der Waals surface area contributed by atoms with Crippen LogP contribution in [0.5, 0.6) is 0 Å². The van der Waals surface area contributed by atoms with Crippen LogP contribution >= 0.6 is 0 Å². The summed E-state index contributed by atoms with van der Waals surface area (Å²) in [4.78, 5) is 25.2. The van der Waals surface area contributed by atoms with Gasteiger partial charge in [-0.1, -0.05) is 18.2 Å². The molecule has 3 heterocycles. The van der Waals surface area contributed by atoms with Crippen molar-refractivity contribution in [3.05, 3.63) is 87.5 Å². The standard InChI is InChI=1S/C23H23N5O3/c1-4-28-23(30)20-10-6-5-9-19(20)21(26-28)22(29)25-24-13-17-12-15(2)27(16(17)3)14-18-8-7-11-31-18/h5-13H,4,14H2,1-3H3,(H,25,29)/b24-13-. The lowest BCUT2D eigenvalue weighted by Crippen LogP contribution is -2.28. The fourth-order valence-electron chi connectivity index (χ4n) is 3.59. The van der Waals surface area contributed by atoms with Crippen LogP contribution in [0.15, 0.2) is 63.0 Å². The number of furan rings is 1. The molecule has 4 aromatic rings. The molecular formula is C23H23N5O3. The predicted molar refractivity (Wildman–Crippen MR) is 118 cm³/mol. The highest BCUT2D eigenvalue weighted by molar-refractivity contribution is 6.05. The second kappa shape index (κ2) is 8.43. The third kappa shape index (κ3) is 3.92. The quantitative estimate of drug-likeness (QED) is 0.385. The Morgan fingerprint density at radius 1 is 1.19 bits per heavy atom. The van der Waals surface area contributed by atoms with E-state index in [1.54, 1.807) is 36.7 Å². The van der Waals surface area contributed by atoms with Crippen LogP contribution < -0.4 is 11.0 Å². The van der Waals surface area contributed by atoms with E-state index >= 15 is 0 Å². The summed E-state index contributed by atoms with van der Waals surface area (Å²) in [6.07, 6.45) is 3.26. The van der Waals surface area contributed by atoms with E-state index in [9.17, 15) is 9.59 Å². The Morgan fingerprint density at radius 3 is 2.68 bits per heavy atom. The van der Waals surface area contributed by atoms with Crippen molar-refractivity contribution in [1.82, 2.24) is 19.8 Å². The molecule has 0 fully saturated rings. The minimum Gasteiger partial charge on any atom is -0.467 e. The zero-order valence-corrected chi connectivity index (χ0v) is 17.6. The summed E-state index contributed by atoms with van der Waals surface area (Å²) in [6, 6.07) is 12.7. The Labute approximate surface area is 178 Å². The minimum atomic E-state index is -0.473. The van der Waals surface area contributed by atoms with Crippen LogP contribution in [0.4, 0.5) is 0 Å². The number of amides is 1. The van der Waals surface area contributed by atoms with Crippen LogP contribution in [0.2, 0.25) is 0 Å². The van der Waals surface area contributed by atoms with Gasteiger partial charge in [-0.3, -0.25) is 9.59 Å². The molecule has 1 aromatic carbocycles. The van der Waals surface area contributed by atoms with E-state index in [0.29, 0.717) is 23.9 Å².